The van der Waals surface area contributed by atoms with E-state index in [0.29, 0.717) is 31.5 Å². The van der Waals surface area contributed by atoms with Crippen LogP contribution in [0.2, 0.25) is 0 Å². The summed E-state index contributed by atoms with van der Waals surface area (Å²) in [6.45, 7) is 3.99. The third-order valence-electron chi connectivity index (χ3n) is 4.73. The second-order valence-corrected chi connectivity index (χ2v) is 6.56. The van der Waals surface area contributed by atoms with E-state index in [2.05, 4.69) is 6.92 Å². The van der Waals surface area contributed by atoms with Crippen molar-refractivity contribution in [2.45, 2.75) is 32.6 Å². The Morgan fingerprint density at radius 2 is 1.68 bits per heavy atom. The maximum absolute atomic E-state index is 12.5. The molecular formula is C19H26N2O4. The SMILES string of the molecule is CCCCN(C)C(=O)C1CCN(C(=O)c2ccc(C(=O)O)cc2)CC1. The zero-order valence-electron chi connectivity index (χ0n) is 14.9. The van der Waals surface area contributed by atoms with Gasteiger partial charge >= 0.3 is 5.97 Å². The first kappa shape index (κ1) is 19.0. The number of benzene rings is 1. The minimum Gasteiger partial charge on any atom is -0.478 e. The number of aromatic carboxylic acids is 1. The molecule has 6 heteroatoms. The lowest BCUT2D eigenvalue weighted by Crippen LogP contribution is -2.43. The number of piperidine rings is 1. The van der Waals surface area contributed by atoms with Crippen molar-refractivity contribution in [3.63, 3.8) is 0 Å². The van der Waals surface area contributed by atoms with Crippen LogP contribution in [-0.2, 0) is 4.79 Å². The molecule has 6 nitrogen and oxygen atoms in total. The molecule has 0 bridgehead atoms. The minimum atomic E-state index is -1.01. The lowest BCUT2D eigenvalue weighted by molar-refractivity contribution is -0.135. The van der Waals surface area contributed by atoms with Crippen LogP contribution in [0, 0.1) is 5.92 Å². The van der Waals surface area contributed by atoms with Crippen LogP contribution in [0.15, 0.2) is 24.3 Å². The first-order valence-electron chi connectivity index (χ1n) is 8.81. The molecule has 2 rings (SSSR count). The Morgan fingerprint density at radius 1 is 1.12 bits per heavy atom. The van der Waals surface area contributed by atoms with Gasteiger partial charge in [0.15, 0.2) is 0 Å². The Balaban J connectivity index is 1.89. The molecule has 1 aromatic carbocycles. The normalized spacial score (nSPS) is 15.0. The lowest BCUT2D eigenvalue weighted by Gasteiger charge is -2.33. The highest BCUT2D eigenvalue weighted by Gasteiger charge is 2.29. The van der Waals surface area contributed by atoms with Crippen LogP contribution in [0.25, 0.3) is 0 Å². The Hall–Kier alpha value is -2.37. The maximum Gasteiger partial charge on any atom is 0.335 e. The van der Waals surface area contributed by atoms with Gasteiger partial charge in [-0.1, -0.05) is 13.3 Å². The van der Waals surface area contributed by atoms with E-state index in [1.165, 1.54) is 12.1 Å². The number of hydrogen-bond acceptors (Lipinski definition) is 3. The van der Waals surface area contributed by atoms with Crippen molar-refractivity contribution in [3.05, 3.63) is 35.4 Å². The average molecular weight is 346 g/mol. The number of carboxylic acid groups (broad SMARTS) is 1. The predicted octanol–water partition coefficient (Wildman–Crippen LogP) is 2.50. The predicted molar refractivity (Wildman–Crippen MR) is 94.6 cm³/mol. The van der Waals surface area contributed by atoms with Crippen LogP contribution in [0.3, 0.4) is 0 Å². The molecule has 136 valence electrons. The number of rotatable bonds is 6. The van der Waals surface area contributed by atoms with E-state index in [1.807, 2.05) is 7.05 Å². The standard InChI is InChI=1S/C19H26N2O4/c1-3-4-11-20(2)17(22)15-9-12-21(13-10-15)18(23)14-5-7-16(8-6-14)19(24)25/h5-8,15H,3-4,9-13H2,1-2H3,(H,24,25). The maximum atomic E-state index is 12.5. The van der Waals surface area contributed by atoms with Gasteiger partial charge < -0.3 is 14.9 Å². The molecule has 1 aromatic rings. The molecule has 1 aliphatic heterocycles. The molecule has 0 atom stereocenters. The van der Waals surface area contributed by atoms with Crippen LogP contribution in [0.4, 0.5) is 0 Å². The highest BCUT2D eigenvalue weighted by Crippen LogP contribution is 2.21. The number of nitrogens with zero attached hydrogens (tertiary/aromatic N) is 2. The van der Waals surface area contributed by atoms with Crippen LogP contribution in [0.5, 0.6) is 0 Å². The van der Waals surface area contributed by atoms with Crippen LogP contribution in [0.1, 0.15) is 53.3 Å². The van der Waals surface area contributed by atoms with Crippen LogP contribution in [-0.4, -0.2) is 59.4 Å². The van der Waals surface area contributed by atoms with E-state index in [0.717, 1.165) is 19.4 Å². The lowest BCUT2D eigenvalue weighted by atomic mass is 9.94. The Bertz CT molecular complexity index is 619. The topological polar surface area (TPSA) is 77.9 Å². The first-order chi connectivity index (χ1) is 11.9. The number of amides is 2. The zero-order valence-corrected chi connectivity index (χ0v) is 14.9. The second kappa shape index (κ2) is 8.65. The summed E-state index contributed by atoms with van der Waals surface area (Å²) in [6, 6.07) is 5.96. The summed E-state index contributed by atoms with van der Waals surface area (Å²) in [4.78, 5) is 39.4. The average Bonchev–Trinajstić information content (AvgIpc) is 2.65. The van der Waals surface area contributed by atoms with Crippen molar-refractivity contribution in [1.82, 2.24) is 9.80 Å². The molecule has 0 spiro atoms. The van der Waals surface area contributed by atoms with Gasteiger partial charge in [-0.15, -0.1) is 0 Å². The molecule has 1 heterocycles. The Labute approximate surface area is 148 Å². The summed E-state index contributed by atoms with van der Waals surface area (Å²) in [7, 11) is 1.85. The van der Waals surface area contributed by atoms with Gasteiger partial charge in [0.25, 0.3) is 5.91 Å². The third kappa shape index (κ3) is 4.81. The quantitative estimate of drug-likeness (QED) is 0.858. The highest BCUT2D eigenvalue weighted by molar-refractivity contribution is 5.96. The van der Waals surface area contributed by atoms with Crippen molar-refractivity contribution < 1.29 is 19.5 Å². The summed E-state index contributed by atoms with van der Waals surface area (Å²) in [5, 5.41) is 8.91. The molecule has 2 amide bonds. The fourth-order valence-electron chi connectivity index (χ4n) is 3.08. The number of carbonyl (C=O) groups is 3. The summed E-state index contributed by atoms with van der Waals surface area (Å²) in [6.07, 6.45) is 3.42. The largest absolute Gasteiger partial charge is 0.478 e. The minimum absolute atomic E-state index is 0.0136. The summed E-state index contributed by atoms with van der Waals surface area (Å²) >= 11 is 0. The number of carboxylic acids is 1. The van der Waals surface area contributed by atoms with Crippen LogP contribution >= 0.6 is 0 Å². The van der Waals surface area contributed by atoms with E-state index < -0.39 is 5.97 Å². The molecule has 0 aromatic heterocycles. The van der Waals surface area contributed by atoms with Gasteiger partial charge in [-0.25, -0.2) is 4.79 Å². The zero-order chi connectivity index (χ0) is 18.4. The van der Waals surface area contributed by atoms with Gasteiger partial charge in [0.1, 0.15) is 0 Å². The summed E-state index contributed by atoms with van der Waals surface area (Å²) in [5.41, 5.74) is 0.644. The third-order valence-corrected chi connectivity index (χ3v) is 4.73. The summed E-state index contributed by atoms with van der Waals surface area (Å²) in [5.74, 6) is -0.959. The van der Waals surface area contributed by atoms with E-state index in [9.17, 15) is 14.4 Å². The van der Waals surface area contributed by atoms with Gasteiger partial charge in [0.2, 0.25) is 5.91 Å². The van der Waals surface area contributed by atoms with E-state index in [-0.39, 0.29) is 23.3 Å². The van der Waals surface area contributed by atoms with Crippen molar-refractivity contribution >= 4 is 17.8 Å². The van der Waals surface area contributed by atoms with Gasteiger partial charge in [0.05, 0.1) is 5.56 Å². The highest BCUT2D eigenvalue weighted by atomic mass is 16.4. The Kier molecular flexibility index (Phi) is 6.56. The van der Waals surface area contributed by atoms with Gasteiger partial charge in [-0.2, -0.15) is 0 Å². The van der Waals surface area contributed by atoms with Gasteiger partial charge in [0, 0.05) is 38.2 Å². The van der Waals surface area contributed by atoms with Crippen molar-refractivity contribution in [2.75, 3.05) is 26.7 Å². The molecule has 1 fully saturated rings. The molecule has 1 N–H and O–H groups in total. The van der Waals surface area contributed by atoms with Crippen molar-refractivity contribution in [3.8, 4) is 0 Å². The number of carbonyl (C=O) groups excluding carboxylic acids is 2. The molecule has 0 radical (unpaired) electrons. The molecular weight excluding hydrogens is 320 g/mol. The molecule has 25 heavy (non-hydrogen) atoms. The van der Waals surface area contributed by atoms with E-state index >= 15 is 0 Å². The van der Waals surface area contributed by atoms with Crippen LogP contribution < -0.4 is 0 Å². The molecule has 0 unspecified atom stereocenters. The fourth-order valence-corrected chi connectivity index (χ4v) is 3.08. The first-order valence-corrected chi connectivity index (χ1v) is 8.81. The fraction of sp³-hybridized carbons (Fsp3) is 0.526. The smallest absolute Gasteiger partial charge is 0.335 e. The molecule has 1 aliphatic rings. The number of likely N-dealkylation sites (tertiary alicyclic amines) is 1. The molecule has 1 saturated heterocycles. The molecule has 0 aliphatic carbocycles. The Morgan fingerprint density at radius 3 is 2.20 bits per heavy atom. The monoisotopic (exact) mass is 346 g/mol. The van der Waals surface area contributed by atoms with E-state index in [1.54, 1.807) is 21.9 Å². The van der Waals surface area contributed by atoms with Gasteiger partial charge in [-0.05, 0) is 43.5 Å². The van der Waals surface area contributed by atoms with Gasteiger partial charge in [-0.3, -0.25) is 9.59 Å². The molecule has 0 saturated carbocycles. The number of hydrogen-bond donors (Lipinski definition) is 1. The van der Waals surface area contributed by atoms with Crippen molar-refractivity contribution in [1.29, 1.82) is 0 Å². The summed E-state index contributed by atoms with van der Waals surface area (Å²) < 4.78 is 0. The second-order valence-electron chi connectivity index (χ2n) is 6.56. The number of unbranched alkanes of at least 4 members (excludes halogenated alkanes) is 1. The van der Waals surface area contributed by atoms with E-state index in [4.69, 9.17) is 5.11 Å². The van der Waals surface area contributed by atoms with Crippen molar-refractivity contribution in [2.24, 2.45) is 5.92 Å².